The van der Waals surface area contributed by atoms with Gasteiger partial charge in [0.2, 0.25) is 0 Å². The van der Waals surface area contributed by atoms with E-state index >= 15 is 0 Å². The first-order chi connectivity index (χ1) is 6.25. The maximum Gasteiger partial charge on any atom is 0.264 e. The second-order valence-corrected chi connectivity index (χ2v) is 3.15. The lowest BCUT2D eigenvalue weighted by Gasteiger charge is -1.92. The van der Waals surface area contributed by atoms with Gasteiger partial charge < -0.3 is 4.52 Å². The molecule has 0 saturated carbocycles. The predicted octanol–water partition coefficient (Wildman–Crippen LogP) is 3.04. The fourth-order valence-corrected chi connectivity index (χ4v) is 1.15. The molecule has 0 bridgehead atoms. The van der Waals surface area contributed by atoms with Gasteiger partial charge in [-0.05, 0) is 41.0 Å². The minimum Gasteiger partial charge on any atom is -0.333 e. The number of halogens is 2. The monoisotopic (exact) mass is 214 g/mol. The minimum atomic E-state index is 0.102. The third-order valence-electron chi connectivity index (χ3n) is 1.49. The number of aromatic nitrogens is 2. The van der Waals surface area contributed by atoms with Gasteiger partial charge in [0.25, 0.3) is 11.2 Å². The minimum absolute atomic E-state index is 0.102. The molecule has 0 fully saturated rings. The van der Waals surface area contributed by atoms with Crippen molar-refractivity contribution in [3.05, 3.63) is 34.6 Å². The fraction of sp³-hybridized carbons (Fsp3) is 0. The smallest absolute Gasteiger partial charge is 0.264 e. The summed E-state index contributed by atoms with van der Waals surface area (Å²) in [7, 11) is 0. The molecule has 0 N–H and O–H groups in total. The van der Waals surface area contributed by atoms with E-state index in [1.807, 2.05) is 0 Å². The molecule has 0 atom stereocenters. The molecule has 0 amide bonds. The van der Waals surface area contributed by atoms with Crippen molar-refractivity contribution in [2.45, 2.75) is 0 Å². The lowest BCUT2D eigenvalue weighted by atomic mass is 10.2. The summed E-state index contributed by atoms with van der Waals surface area (Å²) in [4.78, 5) is 3.86. The summed E-state index contributed by atoms with van der Waals surface area (Å²) in [5, 5.41) is 4.23. The van der Waals surface area contributed by atoms with Crippen molar-refractivity contribution in [3.8, 4) is 11.5 Å². The molecule has 1 heterocycles. The molecule has 2 aromatic rings. The molecule has 5 heteroatoms. The third kappa shape index (κ3) is 1.82. The third-order valence-corrected chi connectivity index (χ3v) is 1.90. The molecule has 0 aliphatic heterocycles. The zero-order valence-corrected chi connectivity index (χ0v) is 7.88. The maximum atomic E-state index is 5.71. The molecule has 0 saturated heterocycles. The SMILES string of the molecule is Clc1ccc(-c2nc(Cl)no2)cc1. The molecule has 1 aromatic heterocycles. The Hall–Kier alpha value is -1.06. The van der Waals surface area contributed by atoms with Crippen LogP contribution in [0.15, 0.2) is 28.8 Å². The van der Waals surface area contributed by atoms with Crippen molar-refractivity contribution in [2.75, 3.05) is 0 Å². The second kappa shape index (κ2) is 3.36. The van der Waals surface area contributed by atoms with Crippen molar-refractivity contribution in [1.29, 1.82) is 0 Å². The van der Waals surface area contributed by atoms with Crippen LogP contribution in [0.4, 0.5) is 0 Å². The molecule has 0 aliphatic rings. The van der Waals surface area contributed by atoms with Gasteiger partial charge in [0, 0.05) is 10.6 Å². The highest BCUT2D eigenvalue weighted by molar-refractivity contribution is 6.30. The summed E-state index contributed by atoms with van der Waals surface area (Å²) < 4.78 is 4.85. The largest absolute Gasteiger partial charge is 0.333 e. The van der Waals surface area contributed by atoms with Crippen molar-refractivity contribution < 1.29 is 4.52 Å². The highest BCUT2D eigenvalue weighted by Gasteiger charge is 2.05. The van der Waals surface area contributed by atoms with Gasteiger partial charge in [0.1, 0.15) is 0 Å². The Kier molecular flexibility index (Phi) is 2.20. The molecular weight excluding hydrogens is 211 g/mol. The Bertz CT molecular complexity index is 410. The summed E-state index contributed by atoms with van der Waals surface area (Å²) in [5.41, 5.74) is 0.795. The predicted molar refractivity (Wildman–Crippen MR) is 49.8 cm³/mol. The Labute approximate surface area is 84.3 Å². The van der Waals surface area contributed by atoms with Crippen molar-refractivity contribution >= 4 is 23.2 Å². The number of hydrogen-bond donors (Lipinski definition) is 0. The van der Waals surface area contributed by atoms with E-state index in [9.17, 15) is 0 Å². The summed E-state index contributed by atoms with van der Waals surface area (Å²) >= 11 is 11.2. The second-order valence-electron chi connectivity index (χ2n) is 2.38. The number of nitrogens with zero attached hydrogens (tertiary/aromatic N) is 2. The molecule has 13 heavy (non-hydrogen) atoms. The Balaban J connectivity index is 2.41. The van der Waals surface area contributed by atoms with Crippen LogP contribution >= 0.6 is 23.2 Å². The van der Waals surface area contributed by atoms with Crippen LogP contribution in [0.5, 0.6) is 0 Å². The van der Waals surface area contributed by atoms with Crippen LogP contribution in [0.3, 0.4) is 0 Å². The molecule has 0 radical (unpaired) electrons. The van der Waals surface area contributed by atoms with Gasteiger partial charge in [-0.2, -0.15) is 4.98 Å². The van der Waals surface area contributed by atoms with Gasteiger partial charge in [0.15, 0.2) is 0 Å². The van der Waals surface area contributed by atoms with E-state index in [1.165, 1.54) is 0 Å². The standard InChI is InChI=1S/C8H4Cl2N2O/c9-6-3-1-5(2-4-6)7-11-8(10)12-13-7/h1-4H. The van der Waals surface area contributed by atoms with Crippen molar-refractivity contribution in [3.63, 3.8) is 0 Å². The van der Waals surface area contributed by atoms with Gasteiger partial charge >= 0.3 is 0 Å². The Morgan fingerprint density at radius 1 is 1.08 bits per heavy atom. The average molecular weight is 215 g/mol. The molecule has 0 aliphatic carbocycles. The van der Waals surface area contributed by atoms with E-state index in [0.29, 0.717) is 10.9 Å². The first-order valence-electron chi connectivity index (χ1n) is 3.51. The topological polar surface area (TPSA) is 38.9 Å². The molecule has 2 rings (SSSR count). The van der Waals surface area contributed by atoms with Crippen LogP contribution < -0.4 is 0 Å². The average Bonchev–Trinajstić information content (AvgIpc) is 2.53. The first kappa shape index (κ1) is 8.53. The zero-order valence-electron chi connectivity index (χ0n) is 6.37. The Morgan fingerprint density at radius 2 is 1.77 bits per heavy atom. The van der Waals surface area contributed by atoms with E-state index in [4.69, 9.17) is 27.7 Å². The highest BCUT2D eigenvalue weighted by atomic mass is 35.5. The lowest BCUT2D eigenvalue weighted by Crippen LogP contribution is -1.75. The van der Waals surface area contributed by atoms with Crippen LogP contribution in [0, 0.1) is 0 Å². The summed E-state index contributed by atoms with van der Waals surface area (Å²) in [5.74, 6) is 0.390. The van der Waals surface area contributed by atoms with Gasteiger partial charge in [-0.3, -0.25) is 0 Å². The van der Waals surface area contributed by atoms with E-state index < -0.39 is 0 Å². The fourth-order valence-electron chi connectivity index (χ4n) is 0.915. The lowest BCUT2D eigenvalue weighted by molar-refractivity contribution is 0.430. The quantitative estimate of drug-likeness (QED) is 0.733. The summed E-state index contributed by atoms with van der Waals surface area (Å²) in [6.07, 6.45) is 0. The van der Waals surface area contributed by atoms with Gasteiger partial charge in [0.05, 0.1) is 0 Å². The van der Waals surface area contributed by atoms with Crippen molar-refractivity contribution in [2.24, 2.45) is 0 Å². The highest BCUT2D eigenvalue weighted by Crippen LogP contribution is 2.20. The van der Waals surface area contributed by atoms with Crippen LogP contribution in [-0.2, 0) is 0 Å². The number of rotatable bonds is 1. The van der Waals surface area contributed by atoms with E-state index in [0.717, 1.165) is 5.56 Å². The Morgan fingerprint density at radius 3 is 2.31 bits per heavy atom. The normalized spacial score (nSPS) is 10.3. The van der Waals surface area contributed by atoms with Crippen LogP contribution in [0.1, 0.15) is 0 Å². The molecule has 66 valence electrons. The van der Waals surface area contributed by atoms with E-state index in [1.54, 1.807) is 24.3 Å². The summed E-state index contributed by atoms with van der Waals surface area (Å²) in [6.45, 7) is 0. The zero-order chi connectivity index (χ0) is 9.26. The molecule has 3 nitrogen and oxygen atoms in total. The van der Waals surface area contributed by atoms with Crippen molar-refractivity contribution in [1.82, 2.24) is 10.1 Å². The molecule has 1 aromatic carbocycles. The van der Waals surface area contributed by atoms with Crippen LogP contribution in [0.2, 0.25) is 10.3 Å². The first-order valence-corrected chi connectivity index (χ1v) is 4.26. The molecule has 0 spiro atoms. The van der Waals surface area contributed by atoms with Gasteiger partial charge in [-0.1, -0.05) is 11.6 Å². The summed E-state index contributed by atoms with van der Waals surface area (Å²) in [6, 6.07) is 7.06. The molecular formula is C8H4Cl2N2O. The van der Waals surface area contributed by atoms with Crippen LogP contribution in [0.25, 0.3) is 11.5 Å². The maximum absolute atomic E-state index is 5.71. The van der Waals surface area contributed by atoms with E-state index in [-0.39, 0.29) is 5.28 Å². The van der Waals surface area contributed by atoms with Crippen LogP contribution in [-0.4, -0.2) is 10.1 Å². The van der Waals surface area contributed by atoms with Gasteiger partial charge in [-0.15, -0.1) is 0 Å². The number of hydrogen-bond acceptors (Lipinski definition) is 3. The molecule has 0 unspecified atom stereocenters. The van der Waals surface area contributed by atoms with Gasteiger partial charge in [-0.25, -0.2) is 0 Å². The number of benzene rings is 1. The van der Waals surface area contributed by atoms with E-state index in [2.05, 4.69) is 10.1 Å².